The summed E-state index contributed by atoms with van der Waals surface area (Å²) in [7, 11) is 1.57. The second kappa shape index (κ2) is 11.7. The van der Waals surface area contributed by atoms with Gasteiger partial charge in [-0.25, -0.2) is 4.99 Å². The van der Waals surface area contributed by atoms with E-state index in [2.05, 4.69) is 9.98 Å². The number of anilines is 1. The number of amidine groups is 1. The quantitative estimate of drug-likeness (QED) is 0.215. The van der Waals surface area contributed by atoms with Crippen molar-refractivity contribution < 1.29 is 14.3 Å². The summed E-state index contributed by atoms with van der Waals surface area (Å²) in [6.45, 7) is 0.300. The van der Waals surface area contributed by atoms with Crippen molar-refractivity contribution in [3.63, 3.8) is 0 Å². The smallest absolute Gasteiger partial charge is 0.271 e. The van der Waals surface area contributed by atoms with Crippen molar-refractivity contribution in [3.05, 3.63) is 117 Å². The Morgan fingerprint density at radius 3 is 2.53 bits per heavy atom. The molecule has 0 saturated carbocycles. The van der Waals surface area contributed by atoms with Gasteiger partial charge in [0.05, 0.1) is 28.4 Å². The Kier molecular flexibility index (Phi) is 7.98. The summed E-state index contributed by atoms with van der Waals surface area (Å²) in [5, 5.41) is 1.53. The van der Waals surface area contributed by atoms with Crippen LogP contribution in [0.2, 0.25) is 10.0 Å². The lowest BCUT2D eigenvalue weighted by molar-refractivity contribution is -0.113. The van der Waals surface area contributed by atoms with Crippen molar-refractivity contribution in [1.29, 1.82) is 0 Å². The zero-order chi connectivity index (χ0) is 26.5. The molecule has 3 aromatic carbocycles. The van der Waals surface area contributed by atoms with Crippen LogP contribution >= 0.6 is 35.0 Å². The van der Waals surface area contributed by atoms with E-state index in [-0.39, 0.29) is 5.91 Å². The Bertz CT molecular complexity index is 1540. The van der Waals surface area contributed by atoms with Gasteiger partial charge in [-0.3, -0.25) is 14.7 Å². The first kappa shape index (κ1) is 25.9. The van der Waals surface area contributed by atoms with Gasteiger partial charge >= 0.3 is 0 Å². The highest BCUT2D eigenvalue weighted by Crippen LogP contribution is 2.39. The van der Waals surface area contributed by atoms with Gasteiger partial charge in [0.1, 0.15) is 6.61 Å². The first-order valence-corrected chi connectivity index (χ1v) is 13.1. The molecule has 1 saturated heterocycles. The Morgan fingerprint density at radius 1 is 0.974 bits per heavy atom. The first-order valence-electron chi connectivity index (χ1n) is 11.5. The molecular formula is C29H21Cl2N3O3S. The number of hydrogen-bond donors (Lipinski definition) is 0. The van der Waals surface area contributed by atoms with Crippen LogP contribution in [-0.4, -0.2) is 23.2 Å². The van der Waals surface area contributed by atoms with Crippen LogP contribution in [0.1, 0.15) is 11.1 Å². The number of aromatic nitrogens is 1. The Labute approximate surface area is 234 Å². The average molecular weight is 562 g/mol. The van der Waals surface area contributed by atoms with Gasteiger partial charge in [-0.1, -0.05) is 65.7 Å². The van der Waals surface area contributed by atoms with E-state index in [0.717, 1.165) is 11.1 Å². The molecule has 9 heteroatoms. The summed E-state index contributed by atoms with van der Waals surface area (Å²) in [5.41, 5.74) is 2.88. The normalized spacial score (nSPS) is 15.3. The number of thioether (sulfide) groups is 1. The lowest BCUT2D eigenvalue weighted by Crippen LogP contribution is -2.28. The molecule has 1 aromatic heterocycles. The summed E-state index contributed by atoms with van der Waals surface area (Å²) in [6.07, 6.45) is 4.94. The number of rotatable bonds is 7. The molecule has 6 nitrogen and oxygen atoms in total. The fourth-order valence-electron chi connectivity index (χ4n) is 3.73. The average Bonchev–Trinajstić information content (AvgIpc) is 3.24. The number of benzene rings is 3. The molecule has 0 radical (unpaired) electrons. The van der Waals surface area contributed by atoms with E-state index >= 15 is 0 Å². The second-order valence-electron chi connectivity index (χ2n) is 8.10. The Morgan fingerprint density at radius 2 is 1.76 bits per heavy atom. The van der Waals surface area contributed by atoms with Crippen molar-refractivity contribution >= 4 is 63.5 Å². The third kappa shape index (κ3) is 5.70. The molecule has 0 unspecified atom stereocenters. The molecule has 0 N–H and O–H groups in total. The van der Waals surface area contributed by atoms with Crippen LogP contribution in [0.25, 0.3) is 6.08 Å². The van der Waals surface area contributed by atoms with Gasteiger partial charge in [0, 0.05) is 23.0 Å². The van der Waals surface area contributed by atoms with E-state index in [4.69, 9.17) is 32.7 Å². The lowest BCUT2D eigenvalue weighted by Gasteiger charge is -2.15. The van der Waals surface area contributed by atoms with Crippen LogP contribution in [0.5, 0.6) is 11.5 Å². The van der Waals surface area contributed by atoms with Crippen LogP contribution < -0.4 is 14.4 Å². The molecule has 4 aromatic rings. The van der Waals surface area contributed by atoms with Gasteiger partial charge in [-0.2, -0.15) is 0 Å². The molecular weight excluding hydrogens is 541 g/mol. The Hall–Kier alpha value is -3.78. The predicted octanol–water partition coefficient (Wildman–Crippen LogP) is 7.78. The van der Waals surface area contributed by atoms with E-state index in [1.165, 1.54) is 18.0 Å². The number of para-hydroxylation sites is 1. The van der Waals surface area contributed by atoms with Gasteiger partial charge in [0.2, 0.25) is 0 Å². The van der Waals surface area contributed by atoms with Crippen LogP contribution in [0, 0.1) is 0 Å². The molecule has 0 atom stereocenters. The molecule has 1 amide bonds. The minimum Gasteiger partial charge on any atom is -0.493 e. The maximum Gasteiger partial charge on any atom is 0.271 e. The summed E-state index contributed by atoms with van der Waals surface area (Å²) in [5.74, 6) is 0.919. The van der Waals surface area contributed by atoms with Gasteiger partial charge in [0.25, 0.3) is 5.91 Å². The van der Waals surface area contributed by atoms with E-state index in [1.807, 2.05) is 72.8 Å². The van der Waals surface area contributed by atoms with Crippen LogP contribution in [-0.2, 0) is 11.4 Å². The summed E-state index contributed by atoms with van der Waals surface area (Å²) in [6, 6.07) is 24.1. The third-order valence-corrected chi connectivity index (χ3v) is 7.24. The van der Waals surface area contributed by atoms with Gasteiger partial charge in [-0.15, -0.1) is 0 Å². The number of halogens is 2. The molecule has 1 aliphatic heterocycles. The number of aliphatic imine (C=N–C) groups is 1. The molecule has 1 fully saturated rings. The van der Waals surface area contributed by atoms with Crippen molar-refractivity contribution in [2.24, 2.45) is 4.99 Å². The highest BCUT2D eigenvalue weighted by atomic mass is 35.5. The minimum absolute atomic E-state index is 0.192. The number of ether oxygens (including phenoxy) is 2. The van der Waals surface area contributed by atoms with Gasteiger partial charge < -0.3 is 9.47 Å². The minimum atomic E-state index is -0.192. The third-order valence-electron chi connectivity index (χ3n) is 5.61. The maximum atomic E-state index is 13.6. The van der Waals surface area contributed by atoms with E-state index < -0.39 is 0 Å². The van der Waals surface area contributed by atoms with Crippen molar-refractivity contribution in [1.82, 2.24) is 4.98 Å². The SMILES string of the molecule is COc1cc(/C=C2\SC(=Nc3ccncc3Cl)N(c3ccccc3)C2=O)ccc1OCc1ccccc1Cl. The molecule has 1 aliphatic rings. The highest BCUT2D eigenvalue weighted by molar-refractivity contribution is 8.19. The number of methoxy groups -OCH3 is 1. The number of hydrogen-bond acceptors (Lipinski definition) is 6. The standard InChI is InChI=1S/C29H21Cl2N3O3S/c1-36-26-15-19(11-12-25(26)37-18-20-7-5-6-10-22(20)30)16-27-28(35)34(21-8-3-2-4-9-21)29(38-27)33-24-13-14-32-17-23(24)31/h2-17H,18H2,1H3/b27-16-,33-29?. The topological polar surface area (TPSA) is 64.0 Å². The summed E-state index contributed by atoms with van der Waals surface area (Å²) in [4.78, 5) is 24.3. The molecule has 0 aliphatic carbocycles. The molecule has 38 heavy (non-hydrogen) atoms. The summed E-state index contributed by atoms with van der Waals surface area (Å²) >= 11 is 13.8. The number of nitrogens with zero attached hydrogens (tertiary/aromatic N) is 3. The zero-order valence-electron chi connectivity index (χ0n) is 20.2. The van der Waals surface area contributed by atoms with Crippen LogP contribution in [0.3, 0.4) is 0 Å². The lowest BCUT2D eigenvalue weighted by atomic mass is 10.1. The second-order valence-corrected chi connectivity index (χ2v) is 9.92. The molecule has 5 rings (SSSR count). The monoisotopic (exact) mass is 561 g/mol. The van der Waals surface area contributed by atoms with Crippen molar-refractivity contribution in [2.45, 2.75) is 6.61 Å². The van der Waals surface area contributed by atoms with E-state index in [9.17, 15) is 4.79 Å². The number of pyridine rings is 1. The largest absolute Gasteiger partial charge is 0.493 e. The molecule has 0 spiro atoms. The number of carbonyl (C=O) groups is 1. The zero-order valence-corrected chi connectivity index (χ0v) is 22.5. The molecule has 2 heterocycles. The van der Waals surface area contributed by atoms with Crippen LogP contribution in [0.4, 0.5) is 11.4 Å². The van der Waals surface area contributed by atoms with Gasteiger partial charge in [0.15, 0.2) is 16.7 Å². The first-order chi connectivity index (χ1) is 18.5. The fraction of sp³-hybridized carbons (Fsp3) is 0.0690. The predicted molar refractivity (Wildman–Crippen MR) is 155 cm³/mol. The molecule has 190 valence electrons. The maximum absolute atomic E-state index is 13.6. The van der Waals surface area contributed by atoms with Crippen molar-refractivity contribution in [3.8, 4) is 11.5 Å². The van der Waals surface area contributed by atoms with E-state index in [0.29, 0.717) is 49.6 Å². The summed E-state index contributed by atoms with van der Waals surface area (Å²) < 4.78 is 11.5. The fourth-order valence-corrected chi connectivity index (χ4v) is 5.08. The van der Waals surface area contributed by atoms with Crippen LogP contribution in [0.15, 0.2) is 101 Å². The van der Waals surface area contributed by atoms with Gasteiger partial charge in [-0.05, 0) is 59.8 Å². The number of amides is 1. The van der Waals surface area contributed by atoms with Crippen molar-refractivity contribution in [2.75, 3.05) is 12.0 Å². The van der Waals surface area contributed by atoms with E-state index in [1.54, 1.807) is 30.3 Å². The molecule has 0 bridgehead atoms. The Balaban J connectivity index is 1.45. The highest BCUT2D eigenvalue weighted by Gasteiger charge is 2.35. The number of carbonyl (C=O) groups excluding carboxylic acids is 1.